The molecular formula is C17H22FNOSi. The lowest BCUT2D eigenvalue weighted by molar-refractivity contribution is 0.413. The van der Waals surface area contributed by atoms with E-state index in [1.54, 1.807) is 13.2 Å². The third kappa shape index (κ3) is 4.08. The van der Waals surface area contributed by atoms with Crippen molar-refractivity contribution in [3.8, 4) is 5.75 Å². The second-order valence-corrected chi connectivity index (χ2v) is 11.2. The van der Waals surface area contributed by atoms with E-state index in [-0.39, 0.29) is 5.82 Å². The highest BCUT2D eigenvalue weighted by molar-refractivity contribution is 6.88. The molecule has 4 heteroatoms. The van der Waals surface area contributed by atoms with Gasteiger partial charge in [-0.05, 0) is 17.7 Å². The van der Waals surface area contributed by atoms with Crippen LogP contribution in [0.4, 0.5) is 10.1 Å². The molecule has 0 atom stereocenters. The lowest BCUT2D eigenvalue weighted by Crippen LogP contribution is -2.37. The molecule has 0 radical (unpaired) electrons. The summed E-state index contributed by atoms with van der Waals surface area (Å²) < 4.78 is 18.3. The number of methoxy groups -OCH3 is 1. The van der Waals surface area contributed by atoms with Crippen molar-refractivity contribution in [3.63, 3.8) is 0 Å². The number of ether oxygens (including phenoxy) is 1. The highest BCUT2D eigenvalue weighted by Gasteiger charge is 2.15. The second kappa shape index (κ2) is 6.31. The molecule has 0 amide bonds. The number of hydrogen-bond acceptors (Lipinski definition) is 2. The third-order valence-electron chi connectivity index (χ3n) is 3.47. The summed E-state index contributed by atoms with van der Waals surface area (Å²) in [4.78, 5) is 0. The molecule has 0 aliphatic carbocycles. The van der Waals surface area contributed by atoms with Crippen molar-refractivity contribution in [2.24, 2.45) is 0 Å². The van der Waals surface area contributed by atoms with Gasteiger partial charge in [0.25, 0.3) is 0 Å². The van der Waals surface area contributed by atoms with Crippen molar-refractivity contribution in [2.45, 2.75) is 26.2 Å². The fraction of sp³-hybridized carbons (Fsp3) is 0.294. The van der Waals surface area contributed by atoms with E-state index in [1.165, 1.54) is 22.9 Å². The van der Waals surface area contributed by atoms with Crippen molar-refractivity contribution in [3.05, 3.63) is 53.8 Å². The van der Waals surface area contributed by atoms with Gasteiger partial charge >= 0.3 is 0 Å². The Hall–Kier alpha value is -1.81. The molecular weight excluding hydrogens is 281 g/mol. The molecule has 2 rings (SSSR count). The van der Waals surface area contributed by atoms with Crippen LogP contribution in [0.15, 0.2) is 42.5 Å². The zero-order valence-corrected chi connectivity index (χ0v) is 14.0. The van der Waals surface area contributed by atoms with Gasteiger partial charge in [-0.1, -0.05) is 49.1 Å². The number of nitrogens with one attached hydrogen (secondary N) is 1. The molecule has 0 heterocycles. The normalized spacial score (nSPS) is 11.3. The van der Waals surface area contributed by atoms with Crippen LogP contribution >= 0.6 is 0 Å². The van der Waals surface area contributed by atoms with E-state index in [4.69, 9.17) is 4.74 Å². The summed E-state index contributed by atoms with van der Waals surface area (Å²) in [5, 5.41) is 4.74. The molecule has 2 nitrogen and oxygen atoms in total. The van der Waals surface area contributed by atoms with E-state index < -0.39 is 8.07 Å². The Bertz CT molecular complexity index is 605. The topological polar surface area (TPSA) is 21.3 Å². The molecule has 1 N–H and O–H groups in total. The number of anilines is 1. The largest absolute Gasteiger partial charge is 0.494 e. The Morgan fingerprint density at radius 1 is 1.05 bits per heavy atom. The predicted octanol–water partition coefficient (Wildman–Crippen LogP) is 3.99. The molecule has 0 aliphatic rings. The Balaban J connectivity index is 2.07. The lowest BCUT2D eigenvalue weighted by Gasteiger charge is -2.17. The van der Waals surface area contributed by atoms with Crippen LogP contribution in [0.1, 0.15) is 5.56 Å². The fourth-order valence-electron chi connectivity index (χ4n) is 2.13. The molecule has 2 aromatic carbocycles. The van der Waals surface area contributed by atoms with Crippen LogP contribution in [0, 0.1) is 5.82 Å². The van der Waals surface area contributed by atoms with E-state index in [9.17, 15) is 4.39 Å². The van der Waals surface area contributed by atoms with Crippen LogP contribution in [0.2, 0.25) is 19.6 Å². The van der Waals surface area contributed by atoms with Crippen molar-refractivity contribution < 1.29 is 9.13 Å². The summed E-state index contributed by atoms with van der Waals surface area (Å²) in [5.74, 6) is 0.227. The van der Waals surface area contributed by atoms with Crippen molar-refractivity contribution in [1.82, 2.24) is 0 Å². The lowest BCUT2D eigenvalue weighted by atomic mass is 10.2. The molecule has 112 valence electrons. The zero-order valence-electron chi connectivity index (χ0n) is 13.0. The smallest absolute Gasteiger partial charge is 0.144 e. The first-order valence-corrected chi connectivity index (χ1v) is 10.6. The van der Waals surface area contributed by atoms with E-state index >= 15 is 0 Å². The number of halogens is 1. The molecule has 0 aromatic heterocycles. The van der Waals surface area contributed by atoms with Crippen LogP contribution in [0.3, 0.4) is 0 Å². The van der Waals surface area contributed by atoms with Crippen LogP contribution in [0.5, 0.6) is 5.75 Å². The maximum atomic E-state index is 13.1. The quantitative estimate of drug-likeness (QED) is 0.843. The summed E-state index contributed by atoms with van der Waals surface area (Å²) in [6.07, 6.45) is 0. The summed E-state index contributed by atoms with van der Waals surface area (Å²) in [6.45, 7) is 7.70. The van der Waals surface area contributed by atoms with Crippen LogP contribution in [0.25, 0.3) is 0 Å². The van der Waals surface area contributed by atoms with Gasteiger partial charge in [-0.15, -0.1) is 0 Å². The predicted molar refractivity (Wildman–Crippen MR) is 89.7 cm³/mol. The Labute approximate surface area is 127 Å². The monoisotopic (exact) mass is 303 g/mol. The molecule has 0 spiro atoms. The van der Waals surface area contributed by atoms with Gasteiger partial charge in [0.1, 0.15) is 11.6 Å². The second-order valence-electron chi connectivity index (χ2n) is 6.15. The van der Waals surface area contributed by atoms with Crippen LogP contribution in [-0.2, 0) is 6.54 Å². The Kier molecular flexibility index (Phi) is 4.68. The zero-order chi connectivity index (χ0) is 15.5. The van der Waals surface area contributed by atoms with Gasteiger partial charge in [-0.2, -0.15) is 0 Å². The van der Waals surface area contributed by atoms with Crippen molar-refractivity contribution >= 4 is 18.9 Å². The molecule has 0 fully saturated rings. The molecule has 0 aliphatic heterocycles. The minimum atomic E-state index is -1.25. The summed E-state index contributed by atoms with van der Waals surface area (Å²) in [6, 6.07) is 13.2. The van der Waals surface area contributed by atoms with Crippen LogP contribution < -0.4 is 15.2 Å². The minimum Gasteiger partial charge on any atom is -0.494 e. The van der Waals surface area contributed by atoms with Gasteiger partial charge in [0.05, 0.1) is 20.9 Å². The van der Waals surface area contributed by atoms with Gasteiger partial charge < -0.3 is 10.1 Å². The average molecular weight is 303 g/mol. The molecule has 0 bridgehead atoms. The Morgan fingerprint density at radius 2 is 1.71 bits per heavy atom. The van der Waals surface area contributed by atoms with Crippen molar-refractivity contribution in [2.75, 3.05) is 12.4 Å². The van der Waals surface area contributed by atoms with Gasteiger partial charge in [0.2, 0.25) is 0 Å². The number of rotatable bonds is 5. The molecule has 21 heavy (non-hydrogen) atoms. The van der Waals surface area contributed by atoms with E-state index in [0.717, 1.165) is 5.69 Å². The minimum absolute atomic E-state index is 0.295. The third-order valence-corrected chi connectivity index (χ3v) is 5.53. The summed E-state index contributed by atoms with van der Waals surface area (Å²) in [5.41, 5.74) is 2.00. The maximum absolute atomic E-state index is 13.1. The molecule has 0 saturated heterocycles. The number of benzene rings is 2. The first-order chi connectivity index (χ1) is 9.90. The Morgan fingerprint density at radius 3 is 2.29 bits per heavy atom. The highest BCUT2D eigenvalue weighted by atomic mass is 28.3. The van der Waals surface area contributed by atoms with Gasteiger partial charge in [0, 0.05) is 12.6 Å². The van der Waals surface area contributed by atoms with Gasteiger partial charge in [-0.25, -0.2) is 4.39 Å². The summed E-state index contributed by atoms with van der Waals surface area (Å²) >= 11 is 0. The van der Waals surface area contributed by atoms with E-state index in [1.807, 2.05) is 0 Å². The first-order valence-electron chi connectivity index (χ1n) is 7.07. The highest BCUT2D eigenvalue weighted by Crippen LogP contribution is 2.25. The average Bonchev–Trinajstić information content (AvgIpc) is 2.45. The van der Waals surface area contributed by atoms with Crippen molar-refractivity contribution in [1.29, 1.82) is 0 Å². The SMILES string of the molecule is COc1cc(F)ccc1NCc1ccc([Si](C)(C)C)cc1. The first kappa shape index (κ1) is 15.6. The van der Waals surface area contributed by atoms with Gasteiger partial charge in [-0.3, -0.25) is 0 Å². The van der Waals surface area contributed by atoms with Gasteiger partial charge in [0.15, 0.2) is 0 Å². The molecule has 2 aromatic rings. The molecule has 0 saturated carbocycles. The standard InChI is InChI=1S/C17H22FNOSi/c1-20-17-11-14(18)7-10-16(17)19-12-13-5-8-15(9-6-13)21(2,3)4/h5-11,19H,12H2,1-4H3. The fourth-order valence-corrected chi connectivity index (χ4v) is 3.30. The summed E-state index contributed by atoms with van der Waals surface area (Å²) in [7, 11) is 0.298. The van der Waals surface area contributed by atoms with E-state index in [2.05, 4.69) is 49.2 Å². The number of hydrogen-bond donors (Lipinski definition) is 1. The maximum Gasteiger partial charge on any atom is 0.144 e. The molecule has 0 unspecified atom stereocenters. The van der Waals surface area contributed by atoms with Crippen LogP contribution in [-0.4, -0.2) is 15.2 Å². The van der Waals surface area contributed by atoms with E-state index in [0.29, 0.717) is 12.3 Å².